The van der Waals surface area contributed by atoms with Gasteiger partial charge in [-0.05, 0) is 52.9 Å². The molecule has 0 fully saturated rings. The second-order valence-corrected chi connectivity index (χ2v) is 8.54. The molecule has 178 valence electrons. The van der Waals surface area contributed by atoms with Crippen molar-refractivity contribution in [2.45, 2.75) is 19.0 Å². The van der Waals surface area contributed by atoms with Crippen molar-refractivity contribution in [1.82, 2.24) is 4.90 Å². The molecular formula is C32H29N3O. The number of carbonyl (C=O) groups excluding carboxylic acids is 1. The van der Waals surface area contributed by atoms with E-state index in [9.17, 15) is 4.79 Å². The van der Waals surface area contributed by atoms with Crippen LogP contribution in [0.15, 0.2) is 114 Å². The summed E-state index contributed by atoms with van der Waals surface area (Å²) in [5.41, 5.74) is 10.2. The van der Waals surface area contributed by atoms with Crippen LogP contribution in [0, 0.1) is 11.8 Å². The first kappa shape index (κ1) is 24.5. The van der Waals surface area contributed by atoms with Crippen LogP contribution < -0.4 is 5.73 Å². The SMILES string of the molecule is CC#Cc1cccc(-c2cccc(CN(C)C(=O)C(N=CN)(c3ccccc3)c3ccccc3)c2)c1. The molecule has 0 bridgehead atoms. The molecule has 36 heavy (non-hydrogen) atoms. The largest absolute Gasteiger partial charge is 0.390 e. The normalized spacial score (nSPS) is 11.1. The molecule has 0 atom stereocenters. The van der Waals surface area contributed by atoms with Crippen LogP contribution in [0.5, 0.6) is 0 Å². The molecule has 4 aromatic carbocycles. The molecule has 4 heteroatoms. The number of carbonyl (C=O) groups is 1. The van der Waals surface area contributed by atoms with Crippen LogP contribution >= 0.6 is 0 Å². The molecule has 0 unspecified atom stereocenters. The van der Waals surface area contributed by atoms with Crippen LogP contribution in [0.4, 0.5) is 0 Å². The molecule has 0 radical (unpaired) electrons. The molecule has 4 rings (SSSR count). The number of amides is 1. The van der Waals surface area contributed by atoms with E-state index in [1.165, 1.54) is 6.34 Å². The number of hydrogen-bond donors (Lipinski definition) is 1. The molecule has 0 saturated carbocycles. The summed E-state index contributed by atoms with van der Waals surface area (Å²) in [5.74, 6) is 5.90. The molecule has 0 aliphatic heterocycles. The summed E-state index contributed by atoms with van der Waals surface area (Å²) >= 11 is 0. The molecular weight excluding hydrogens is 442 g/mol. The van der Waals surface area contributed by atoms with Crippen molar-refractivity contribution < 1.29 is 4.79 Å². The maximum absolute atomic E-state index is 14.2. The van der Waals surface area contributed by atoms with E-state index in [1.807, 2.05) is 91.9 Å². The third kappa shape index (κ3) is 5.06. The van der Waals surface area contributed by atoms with Gasteiger partial charge in [-0.15, -0.1) is 5.92 Å². The molecule has 2 N–H and O–H groups in total. The summed E-state index contributed by atoms with van der Waals surface area (Å²) in [6.45, 7) is 2.25. The molecule has 0 heterocycles. The van der Waals surface area contributed by atoms with Crippen molar-refractivity contribution >= 4 is 12.2 Å². The zero-order valence-corrected chi connectivity index (χ0v) is 20.6. The van der Waals surface area contributed by atoms with Gasteiger partial charge in [-0.3, -0.25) is 4.79 Å². The Morgan fingerprint density at radius 1 is 0.861 bits per heavy atom. The minimum Gasteiger partial charge on any atom is -0.390 e. The van der Waals surface area contributed by atoms with Gasteiger partial charge in [-0.25, -0.2) is 4.99 Å². The predicted octanol–water partition coefficient (Wildman–Crippen LogP) is 5.61. The van der Waals surface area contributed by atoms with E-state index in [0.29, 0.717) is 6.54 Å². The first-order valence-corrected chi connectivity index (χ1v) is 11.8. The van der Waals surface area contributed by atoms with E-state index in [4.69, 9.17) is 5.73 Å². The van der Waals surface area contributed by atoms with Crippen LogP contribution in [0.3, 0.4) is 0 Å². The lowest BCUT2D eigenvalue weighted by Crippen LogP contribution is -2.45. The second kappa shape index (κ2) is 11.2. The minimum atomic E-state index is -1.28. The van der Waals surface area contributed by atoms with E-state index < -0.39 is 5.54 Å². The summed E-state index contributed by atoms with van der Waals surface area (Å²) < 4.78 is 0. The van der Waals surface area contributed by atoms with Crippen molar-refractivity contribution in [2.75, 3.05) is 7.05 Å². The number of nitrogens with two attached hydrogens (primary N) is 1. The number of likely N-dealkylation sites (N-methyl/N-ethyl adjacent to an activating group) is 1. The van der Waals surface area contributed by atoms with Gasteiger partial charge in [0.15, 0.2) is 5.54 Å². The van der Waals surface area contributed by atoms with E-state index in [0.717, 1.165) is 33.4 Å². The number of aliphatic imine (C=N–C) groups is 1. The highest BCUT2D eigenvalue weighted by Gasteiger charge is 2.43. The third-order valence-electron chi connectivity index (χ3n) is 6.12. The Morgan fingerprint density at radius 3 is 2.03 bits per heavy atom. The summed E-state index contributed by atoms with van der Waals surface area (Å²) in [4.78, 5) is 20.5. The van der Waals surface area contributed by atoms with Crippen molar-refractivity contribution in [2.24, 2.45) is 10.7 Å². The number of hydrogen-bond acceptors (Lipinski definition) is 2. The van der Waals surface area contributed by atoms with E-state index in [-0.39, 0.29) is 5.91 Å². The summed E-state index contributed by atoms with van der Waals surface area (Å²) in [6, 6.07) is 35.5. The van der Waals surface area contributed by atoms with E-state index in [2.05, 4.69) is 41.1 Å². The molecule has 0 aliphatic carbocycles. The van der Waals surface area contributed by atoms with Crippen LogP contribution in [0.1, 0.15) is 29.2 Å². The van der Waals surface area contributed by atoms with Crippen LogP contribution in [0.25, 0.3) is 11.1 Å². The fourth-order valence-corrected chi connectivity index (χ4v) is 4.48. The van der Waals surface area contributed by atoms with Gasteiger partial charge in [0.25, 0.3) is 5.91 Å². The predicted molar refractivity (Wildman–Crippen MR) is 147 cm³/mol. The fraction of sp³-hybridized carbons (Fsp3) is 0.125. The highest BCUT2D eigenvalue weighted by Crippen LogP contribution is 2.36. The lowest BCUT2D eigenvalue weighted by atomic mass is 9.82. The highest BCUT2D eigenvalue weighted by atomic mass is 16.2. The minimum absolute atomic E-state index is 0.160. The topological polar surface area (TPSA) is 58.7 Å². The monoisotopic (exact) mass is 471 g/mol. The third-order valence-corrected chi connectivity index (χ3v) is 6.12. The van der Waals surface area contributed by atoms with Crippen molar-refractivity contribution in [3.05, 3.63) is 131 Å². The average Bonchev–Trinajstić information content (AvgIpc) is 2.93. The molecule has 0 aromatic heterocycles. The molecule has 4 nitrogen and oxygen atoms in total. The van der Waals surface area contributed by atoms with Crippen molar-refractivity contribution in [1.29, 1.82) is 0 Å². The fourth-order valence-electron chi connectivity index (χ4n) is 4.48. The Labute approximate surface area is 213 Å². The van der Waals surface area contributed by atoms with E-state index >= 15 is 0 Å². The molecule has 0 spiro atoms. The first-order chi connectivity index (χ1) is 17.6. The second-order valence-electron chi connectivity index (χ2n) is 8.54. The zero-order chi connectivity index (χ0) is 25.4. The summed E-state index contributed by atoms with van der Waals surface area (Å²) in [6.07, 6.45) is 1.22. The van der Waals surface area contributed by atoms with Gasteiger partial charge in [-0.2, -0.15) is 0 Å². The van der Waals surface area contributed by atoms with Gasteiger partial charge < -0.3 is 10.6 Å². The van der Waals surface area contributed by atoms with Crippen molar-refractivity contribution in [3.8, 4) is 23.0 Å². The lowest BCUT2D eigenvalue weighted by Gasteiger charge is -2.33. The van der Waals surface area contributed by atoms with Crippen molar-refractivity contribution in [3.63, 3.8) is 0 Å². The first-order valence-electron chi connectivity index (χ1n) is 11.8. The summed E-state index contributed by atoms with van der Waals surface area (Å²) in [7, 11) is 1.80. The number of benzene rings is 4. The Kier molecular flexibility index (Phi) is 7.63. The Morgan fingerprint density at radius 2 is 1.44 bits per heavy atom. The number of rotatable bonds is 7. The van der Waals surface area contributed by atoms with Gasteiger partial charge >= 0.3 is 0 Å². The maximum atomic E-state index is 14.2. The van der Waals surface area contributed by atoms with Gasteiger partial charge in [0.05, 0.1) is 6.34 Å². The van der Waals surface area contributed by atoms with Gasteiger partial charge in [-0.1, -0.05) is 96.9 Å². The zero-order valence-electron chi connectivity index (χ0n) is 20.6. The lowest BCUT2D eigenvalue weighted by molar-refractivity contribution is -0.134. The Hall–Kier alpha value is -4.62. The van der Waals surface area contributed by atoms with Crippen LogP contribution in [0.2, 0.25) is 0 Å². The highest BCUT2D eigenvalue weighted by molar-refractivity contribution is 5.93. The molecule has 0 saturated heterocycles. The van der Waals surface area contributed by atoms with Crippen LogP contribution in [-0.4, -0.2) is 24.2 Å². The quantitative estimate of drug-likeness (QED) is 0.216. The van der Waals surface area contributed by atoms with Crippen LogP contribution in [-0.2, 0) is 16.9 Å². The summed E-state index contributed by atoms with van der Waals surface area (Å²) in [5, 5.41) is 0. The smallest absolute Gasteiger partial charge is 0.259 e. The molecule has 0 aliphatic rings. The van der Waals surface area contributed by atoms with Gasteiger partial charge in [0.2, 0.25) is 0 Å². The van der Waals surface area contributed by atoms with Gasteiger partial charge in [0, 0.05) is 19.2 Å². The Bertz CT molecular complexity index is 1380. The molecule has 1 amide bonds. The Balaban J connectivity index is 1.70. The number of nitrogens with zero attached hydrogens (tertiary/aromatic N) is 2. The maximum Gasteiger partial charge on any atom is 0.259 e. The van der Waals surface area contributed by atoms with Gasteiger partial charge in [0.1, 0.15) is 0 Å². The average molecular weight is 472 g/mol. The van der Waals surface area contributed by atoms with E-state index in [1.54, 1.807) is 11.9 Å². The standard InChI is InChI=1S/C32H29N3O/c1-3-12-25-13-10-15-27(21-25)28-16-11-14-26(22-28)23-35(2)31(36)32(34-24-33,29-17-6-4-7-18-29)30-19-8-5-9-20-30/h4-11,13-22,24H,23H2,1-2H3,(H2,33,34). The molecule has 4 aromatic rings.